The number of anilines is 1. The Balaban J connectivity index is 1.30. The van der Waals surface area contributed by atoms with Crippen LogP contribution >= 0.6 is 11.6 Å². The average Bonchev–Trinajstić information content (AvgIpc) is 2.98. The number of nitrogens with one attached hydrogen (secondary N) is 1. The van der Waals surface area contributed by atoms with Crippen LogP contribution in [0.2, 0.25) is 5.02 Å². The van der Waals surface area contributed by atoms with Gasteiger partial charge in [-0.05, 0) is 71.8 Å². The summed E-state index contributed by atoms with van der Waals surface area (Å²) in [5, 5.41) is 3.40. The molecule has 5 rings (SSSR count). The van der Waals surface area contributed by atoms with Crippen molar-refractivity contribution >= 4 is 23.2 Å². The SMILES string of the molecule is COc1ccc(C(=O)Nc2cc(Cl)ccc2Oc2ccccc2)cc1COc1ccc(-c2ccccc2)cc1. The van der Waals surface area contributed by atoms with Crippen molar-refractivity contribution in [3.05, 3.63) is 137 Å². The normalized spacial score (nSPS) is 10.5. The fraction of sp³-hybridized carbons (Fsp3) is 0.0606. The lowest BCUT2D eigenvalue weighted by Gasteiger charge is -2.15. The van der Waals surface area contributed by atoms with Crippen LogP contribution in [-0.4, -0.2) is 13.0 Å². The molecule has 5 aromatic rings. The first-order valence-electron chi connectivity index (χ1n) is 12.4. The molecule has 0 saturated heterocycles. The van der Waals surface area contributed by atoms with Gasteiger partial charge in [-0.25, -0.2) is 0 Å². The minimum atomic E-state index is -0.314. The molecule has 39 heavy (non-hydrogen) atoms. The molecule has 6 heteroatoms. The molecule has 0 heterocycles. The van der Waals surface area contributed by atoms with E-state index in [1.165, 1.54) is 0 Å². The van der Waals surface area contributed by atoms with E-state index in [0.29, 0.717) is 39.3 Å². The number of hydrogen-bond acceptors (Lipinski definition) is 4. The topological polar surface area (TPSA) is 56.8 Å². The van der Waals surface area contributed by atoms with Crippen molar-refractivity contribution in [3.8, 4) is 34.1 Å². The molecule has 0 unspecified atom stereocenters. The van der Waals surface area contributed by atoms with Gasteiger partial charge in [0.1, 0.15) is 23.9 Å². The van der Waals surface area contributed by atoms with E-state index in [9.17, 15) is 4.79 Å². The predicted molar refractivity (Wildman–Crippen MR) is 155 cm³/mol. The lowest BCUT2D eigenvalue weighted by Crippen LogP contribution is -2.13. The molecule has 1 amide bonds. The lowest BCUT2D eigenvalue weighted by molar-refractivity contribution is 0.102. The van der Waals surface area contributed by atoms with E-state index in [-0.39, 0.29) is 12.5 Å². The van der Waals surface area contributed by atoms with E-state index in [1.807, 2.05) is 72.8 Å². The summed E-state index contributed by atoms with van der Waals surface area (Å²) in [6, 6.07) is 37.7. The Labute approximate surface area is 232 Å². The van der Waals surface area contributed by atoms with Crippen molar-refractivity contribution in [3.63, 3.8) is 0 Å². The predicted octanol–water partition coefficient (Wildman–Crippen LogP) is 8.64. The molecule has 0 spiro atoms. The van der Waals surface area contributed by atoms with Crippen molar-refractivity contribution in [2.45, 2.75) is 6.61 Å². The largest absolute Gasteiger partial charge is 0.496 e. The molecule has 0 radical (unpaired) electrons. The van der Waals surface area contributed by atoms with E-state index in [0.717, 1.165) is 16.7 Å². The fourth-order valence-electron chi connectivity index (χ4n) is 4.07. The zero-order chi connectivity index (χ0) is 27.0. The third-order valence-electron chi connectivity index (χ3n) is 6.06. The monoisotopic (exact) mass is 535 g/mol. The highest BCUT2D eigenvalue weighted by Gasteiger charge is 2.15. The quantitative estimate of drug-likeness (QED) is 0.205. The molecule has 0 aliphatic carbocycles. The van der Waals surface area contributed by atoms with Gasteiger partial charge in [-0.1, -0.05) is 72.3 Å². The van der Waals surface area contributed by atoms with Crippen LogP contribution in [0.25, 0.3) is 11.1 Å². The summed E-state index contributed by atoms with van der Waals surface area (Å²) in [6.45, 7) is 0.231. The molecular weight excluding hydrogens is 510 g/mol. The van der Waals surface area contributed by atoms with Crippen molar-refractivity contribution in [2.24, 2.45) is 0 Å². The van der Waals surface area contributed by atoms with E-state index in [4.69, 9.17) is 25.8 Å². The lowest BCUT2D eigenvalue weighted by atomic mass is 10.1. The third kappa shape index (κ3) is 6.58. The van der Waals surface area contributed by atoms with E-state index in [2.05, 4.69) is 17.4 Å². The van der Waals surface area contributed by atoms with Crippen LogP contribution in [0.15, 0.2) is 121 Å². The maximum absolute atomic E-state index is 13.2. The summed E-state index contributed by atoms with van der Waals surface area (Å²) in [5.74, 6) is 2.16. The highest BCUT2D eigenvalue weighted by molar-refractivity contribution is 6.31. The zero-order valence-electron chi connectivity index (χ0n) is 21.3. The molecule has 0 aliphatic rings. The van der Waals surface area contributed by atoms with Crippen LogP contribution in [-0.2, 0) is 6.61 Å². The van der Waals surface area contributed by atoms with Gasteiger partial charge in [0.05, 0.1) is 12.8 Å². The van der Waals surface area contributed by atoms with Gasteiger partial charge in [0.2, 0.25) is 0 Å². The summed E-state index contributed by atoms with van der Waals surface area (Å²) in [7, 11) is 1.59. The minimum absolute atomic E-state index is 0.231. The van der Waals surface area contributed by atoms with Crippen molar-refractivity contribution in [1.82, 2.24) is 0 Å². The molecule has 5 nitrogen and oxygen atoms in total. The van der Waals surface area contributed by atoms with E-state index < -0.39 is 0 Å². The van der Waals surface area contributed by atoms with Crippen molar-refractivity contribution < 1.29 is 19.0 Å². The van der Waals surface area contributed by atoms with Gasteiger partial charge in [0.15, 0.2) is 5.75 Å². The second-order valence-electron chi connectivity index (χ2n) is 8.72. The standard InChI is InChI=1S/C33H26ClNO4/c1-37-31-18-14-25(20-26(31)22-38-28-16-12-24(13-17-28)23-8-4-2-5-9-23)33(36)35-30-21-27(34)15-19-32(30)39-29-10-6-3-7-11-29/h2-21H,22H2,1H3,(H,35,36). The number of benzene rings is 5. The molecule has 0 fully saturated rings. The van der Waals surface area contributed by atoms with Crippen LogP contribution in [0.4, 0.5) is 5.69 Å². The minimum Gasteiger partial charge on any atom is -0.496 e. The number of hydrogen-bond donors (Lipinski definition) is 1. The Bertz CT molecular complexity index is 1550. The van der Waals surface area contributed by atoms with Gasteiger partial charge < -0.3 is 19.5 Å². The van der Waals surface area contributed by atoms with Crippen LogP contribution in [0.1, 0.15) is 15.9 Å². The highest BCUT2D eigenvalue weighted by Crippen LogP contribution is 2.33. The molecule has 5 aromatic carbocycles. The number of rotatable bonds is 9. The zero-order valence-corrected chi connectivity index (χ0v) is 22.0. The van der Waals surface area contributed by atoms with Crippen molar-refractivity contribution in [1.29, 1.82) is 0 Å². The molecule has 0 bridgehead atoms. The van der Waals surface area contributed by atoms with Crippen molar-refractivity contribution in [2.75, 3.05) is 12.4 Å². The number of amides is 1. The second-order valence-corrected chi connectivity index (χ2v) is 9.15. The number of para-hydroxylation sites is 1. The first-order chi connectivity index (χ1) is 19.1. The number of ether oxygens (including phenoxy) is 3. The number of halogens is 1. The molecule has 0 aromatic heterocycles. The molecule has 0 aliphatic heterocycles. The maximum Gasteiger partial charge on any atom is 0.255 e. The van der Waals surface area contributed by atoms with Gasteiger partial charge >= 0.3 is 0 Å². The van der Waals surface area contributed by atoms with Gasteiger partial charge in [-0.3, -0.25) is 4.79 Å². The van der Waals surface area contributed by atoms with E-state index in [1.54, 1.807) is 43.5 Å². The molecule has 194 valence electrons. The Morgan fingerprint density at radius 2 is 1.38 bits per heavy atom. The number of carbonyl (C=O) groups is 1. The van der Waals surface area contributed by atoms with Gasteiger partial charge in [-0.15, -0.1) is 0 Å². The van der Waals surface area contributed by atoms with Gasteiger partial charge in [0.25, 0.3) is 5.91 Å². The Hall–Kier alpha value is -4.74. The maximum atomic E-state index is 13.2. The third-order valence-corrected chi connectivity index (χ3v) is 6.29. The Morgan fingerprint density at radius 1 is 0.718 bits per heavy atom. The average molecular weight is 536 g/mol. The summed E-state index contributed by atoms with van der Waals surface area (Å²) < 4.78 is 17.5. The van der Waals surface area contributed by atoms with E-state index >= 15 is 0 Å². The summed E-state index contributed by atoms with van der Waals surface area (Å²) in [5.41, 5.74) is 3.89. The van der Waals surface area contributed by atoms with Crippen LogP contribution < -0.4 is 19.5 Å². The number of methoxy groups -OCH3 is 1. The first-order valence-corrected chi connectivity index (χ1v) is 12.8. The smallest absolute Gasteiger partial charge is 0.255 e. The fourth-order valence-corrected chi connectivity index (χ4v) is 4.24. The Morgan fingerprint density at radius 3 is 2.10 bits per heavy atom. The summed E-state index contributed by atoms with van der Waals surface area (Å²) >= 11 is 6.22. The summed E-state index contributed by atoms with van der Waals surface area (Å²) in [6.07, 6.45) is 0. The molecule has 0 saturated carbocycles. The van der Waals surface area contributed by atoms with Gasteiger partial charge in [0, 0.05) is 16.1 Å². The Kier molecular flexibility index (Phi) is 8.10. The van der Waals surface area contributed by atoms with Crippen LogP contribution in [0, 0.1) is 0 Å². The second kappa shape index (κ2) is 12.2. The van der Waals surface area contributed by atoms with Crippen LogP contribution in [0.3, 0.4) is 0 Å². The number of carbonyl (C=O) groups excluding carboxylic acids is 1. The van der Waals surface area contributed by atoms with Gasteiger partial charge in [-0.2, -0.15) is 0 Å². The first kappa shape index (κ1) is 25.9. The highest BCUT2D eigenvalue weighted by atomic mass is 35.5. The molecule has 0 atom stereocenters. The summed E-state index contributed by atoms with van der Waals surface area (Å²) in [4.78, 5) is 13.2. The molecule has 1 N–H and O–H groups in total. The van der Waals surface area contributed by atoms with Crippen LogP contribution in [0.5, 0.6) is 23.0 Å². The molecular formula is C33H26ClNO4.